The third-order valence-electron chi connectivity index (χ3n) is 1.47. The summed E-state index contributed by atoms with van der Waals surface area (Å²) in [6.07, 6.45) is 0. The highest BCUT2D eigenvalue weighted by Gasteiger charge is 2.15. The highest BCUT2D eigenvalue weighted by molar-refractivity contribution is 14.1. The molecule has 0 bridgehead atoms. The summed E-state index contributed by atoms with van der Waals surface area (Å²) in [7, 11) is 0. The fourth-order valence-electron chi connectivity index (χ4n) is 0.895. The Bertz CT molecular complexity index is 410. The van der Waals surface area contributed by atoms with E-state index in [9.17, 15) is 14.9 Å². The molecule has 0 radical (unpaired) electrons. The van der Waals surface area contributed by atoms with Crippen LogP contribution in [0.3, 0.4) is 0 Å². The number of nitrogens with zero attached hydrogens (tertiary/aromatic N) is 1. The second-order valence-corrected chi connectivity index (χ2v) is 4.81. The Morgan fingerprint density at radius 1 is 1.60 bits per heavy atom. The van der Waals surface area contributed by atoms with Crippen molar-refractivity contribution in [2.24, 2.45) is 0 Å². The molecule has 15 heavy (non-hydrogen) atoms. The van der Waals surface area contributed by atoms with E-state index in [0.717, 1.165) is 15.3 Å². The van der Waals surface area contributed by atoms with Gasteiger partial charge in [0.15, 0.2) is 0 Å². The lowest BCUT2D eigenvalue weighted by atomic mass is 10.3. The van der Waals surface area contributed by atoms with Gasteiger partial charge in [0.2, 0.25) is 0 Å². The van der Waals surface area contributed by atoms with Gasteiger partial charge in [-0.2, -0.15) is 0 Å². The Morgan fingerprint density at radius 2 is 2.27 bits per heavy atom. The third-order valence-corrected chi connectivity index (χ3v) is 3.19. The zero-order chi connectivity index (χ0) is 11.4. The molecule has 0 saturated heterocycles. The fraction of sp³-hybridized carbons (Fsp3) is 0.125. The summed E-state index contributed by atoms with van der Waals surface area (Å²) in [5.41, 5.74) is -0.0480. The minimum absolute atomic E-state index is 0.0480. The quantitative estimate of drug-likeness (QED) is 0.394. The first-order chi connectivity index (χ1) is 7.00. The fourth-order valence-corrected chi connectivity index (χ4v) is 2.09. The topological polar surface area (TPSA) is 80.4 Å². The van der Waals surface area contributed by atoms with Crippen LogP contribution in [-0.4, -0.2) is 21.8 Å². The molecule has 5 nitrogen and oxygen atoms in total. The van der Waals surface area contributed by atoms with Gasteiger partial charge in [-0.15, -0.1) is 11.8 Å². The largest absolute Gasteiger partial charge is 0.481 e. The molecule has 0 unspecified atom stereocenters. The molecule has 0 spiro atoms. The summed E-state index contributed by atoms with van der Waals surface area (Å²) in [6, 6.07) is 4.69. The molecule has 7 heteroatoms. The van der Waals surface area contributed by atoms with Gasteiger partial charge >= 0.3 is 5.97 Å². The van der Waals surface area contributed by atoms with Gasteiger partial charge in [-0.3, -0.25) is 14.9 Å². The molecule has 1 aromatic rings. The zero-order valence-electron chi connectivity index (χ0n) is 7.34. The van der Waals surface area contributed by atoms with E-state index >= 15 is 0 Å². The first kappa shape index (κ1) is 12.2. The van der Waals surface area contributed by atoms with Gasteiger partial charge in [0.25, 0.3) is 5.69 Å². The van der Waals surface area contributed by atoms with Crippen LogP contribution in [0.1, 0.15) is 0 Å². The number of carboxylic acids is 1. The predicted molar refractivity (Wildman–Crippen MR) is 64.2 cm³/mol. The summed E-state index contributed by atoms with van der Waals surface area (Å²) in [5, 5.41) is 19.1. The highest BCUT2D eigenvalue weighted by atomic mass is 127. The minimum Gasteiger partial charge on any atom is -0.481 e. The first-order valence-corrected chi connectivity index (χ1v) is 5.85. The summed E-state index contributed by atoms with van der Waals surface area (Å²) in [6.45, 7) is 0. The highest BCUT2D eigenvalue weighted by Crippen LogP contribution is 2.30. The molecule has 1 N–H and O–H groups in total. The summed E-state index contributed by atoms with van der Waals surface area (Å²) < 4.78 is 0.749. The first-order valence-electron chi connectivity index (χ1n) is 3.79. The minimum atomic E-state index is -0.993. The maximum Gasteiger partial charge on any atom is 0.313 e. The zero-order valence-corrected chi connectivity index (χ0v) is 10.3. The summed E-state index contributed by atoms with van der Waals surface area (Å²) in [4.78, 5) is 20.9. The van der Waals surface area contributed by atoms with E-state index in [-0.39, 0.29) is 11.4 Å². The molecule has 0 aliphatic rings. The van der Waals surface area contributed by atoms with Crippen molar-refractivity contribution in [3.63, 3.8) is 0 Å². The second-order valence-electron chi connectivity index (χ2n) is 2.55. The molecule has 0 aromatic heterocycles. The van der Waals surface area contributed by atoms with Gasteiger partial charge in [0.05, 0.1) is 15.6 Å². The number of rotatable bonds is 4. The number of hydrogen-bond donors (Lipinski definition) is 1. The van der Waals surface area contributed by atoms with Crippen molar-refractivity contribution in [3.05, 3.63) is 31.9 Å². The second kappa shape index (κ2) is 5.31. The van der Waals surface area contributed by atoms with Crippen molar-refractivity contribution in [2.45, 2.75) is 4.90 Å². The molecule has 0 aliphatic heterocycles. The van der Waals surface area contributed by atoms with Gasteiger partial charge in [0.1, 0.15) is 0 Å². The molecule has 0 atom stereocenters. The van der Waals surface area contributed by atoms with E-state index in [1.165, 1.54) is 6.07 Å². The molecular formula is C8H6INO4S. The number of thioether (sulfide) groups is 1. The van der Waals surface area contributed by atoms with Crippen molar-refractivity contribution in [2.75, 3.05) is 5.75 Å². The lowest BCUT2D eigenvalue weighted by Crippen LogP contribution is -1.99. The molecule has 1 rings (SSSR count). The van der Waals surface area contributed by atoms with E-state index < -0.39 is 10.9 Å². The van der Waals surface area contributed by atoms with Crippen LogP contribution in [0, 0.1) is 13.7 Å². The Hall–Kier alpha value is -0.830. The van der Waals surface area contributed by atoms with Crippen LogP contribution in [0.25, 0.3) is 0 Å². The van der Waals surface area contributed by atoms with E-state index in [1.54, 1.807) is 12.1 Å². The number of benzene rings is 1. The monoisotopic (exact) mass is 339 g/mol. The van der Waals surface area contributed by atoms with E-state index in [4.69, 9.17) is 5.11 Å². The Labute approximate surface area is 103 Å². The standard InChI is InChI=1S/C8H6INO4S/c9-5-1-2-7(15-4-8(11)12)6(3-5)10(13)14/h1-3H,4H2,(H,11,12). The van der Waals surface area contributed by atoms with Crippen molar-refractivity contribution in [3.8, 4) is 0 Å². The molecule has 0 saturated carbocycles. The normalized spacial score (nSPS) is 9.93. The van der Waals surface area contributed by atoms with E-state index in [2.05, 4.69) is 0 Å². The number of nitro benzene ring substituents is 1. The third kappa shape index (κ3) is 3.67. The molecule has 0 aliphatic carbocycles. The van der Waals surface area contributed by atoms with Crippen molar-refractivity contribution >= 4 is 46.0 Å². The molecule has 0 heterocycles. The summed E-state index contributed by atoms with van der Waals surface area (Å²) in [5.74, 6) is -1.17. The van der Waals surface area contributed by atoms with Crippen LogP contribution in [0.15, 0.2) is 23.1 Å². The lowest BCUT2D eigenvalue weighted by molar-refractivity contribution is -0.387. The lowest BCUT2D eigenvalue weighted by Gasteiger charge is -2.00. The summed E-state index contributed by atoms with van der Waals surface area (Å²) >= 11 is 2.91. The van der Waals surface area contributed by atoms with Crippen LogP contribution < -0.4 is 0 Å². The van der Waals surface area contributed by atoms with Crippen LogP contribution in [-0.2, 0) is 4.79 Å². The Kier molecular flexibility index (Phi) is 4.33. The van der Waals surface area contributed by atoms with Gasteiger partial charge < -0.3 is 5.11 Å². The molecule has 1 aromatic carbocycles. The van der Waals surface area contributed by atoms with Crippen molar-refractivity contribution in [1.29, 1.82) is 0 Å². The van der Waals surface area contributed by atoms with E-state index in [0.29, 0.717) is 4.90 Å². The van der Waals surface area contributed by atoms with E-state index in [1.807, 2.05) is 22.6 Å². The number of hydrogen-bond acceptors (Lipinski definition) is 4. The predicted octanol–water partition coefficient (Wildman–Crippen LogP) is 2.38. The van der Waals surface area contributed by atoms with Crippen LogP contribution in [0.5, 0.6) is 0 Å². The Balaban J connectivity index is 2.95. The van der Waals surface area contributed by atoms with Crippen molar-refractivity contribution in [1.82, 2.24) is 0 Å². The number of halogens is 1. The SMILES string of the molecule is O=C(O)CSc1ccc(I)cc1[N+](=O)[O-]. The van der Waals surface area contributed by atoms with Crippen LogP contribution in [0.4, 0.5) is 5.69 Å². The number of carbonyl (C=O) groups is 1. The number of nitro groups is 1. The van der Waals surface area contributed by atoms with Crippen LogP contribution in [0.2, 0.25) is 0 Å². The molecular weight excluding hydrogens is 333 g/mol. The number of aliphatic carboxylic acids is 1. The van der Waals surface area contributed by atoms with Crippen molar-refractivity contribution < 1.29 is 14.8 Å². The average molecular weight is 339 g/mol. The van der Waals surface area contributed by atoms with Gasteiger partial charge in [0, 0.05) is 9.64 Å². The molecule has 80 valence electrons. The maximum atomic E-state index is 10.7. The average Bonchev–Trinajstić information content (AvgIpc) is 2.15. The van der Waals surface area contributed by atoms with Gasteiger partial charge in [-0.05, 0) is 34.7 Å². The maximum absolute atomic E-state index is 10.7. The van der Waals surface area contributed by atoms with Gasteiger partial charge in [-0.25, -0.2) is 0 Å². The molecule has 0 amide bonds. The Morgan fingerprint density at radius 3 is 2.80 bits per heavy atom. The van der Waals surface area contributed by atoms with Crippen LogP contribution >= 0.6 is 34.4 Å². The van der Waals surface area contributed by atoms with Gasteiger partial charge in [-0.1, -0.05) is 0 Å². The molecule has 0 fully saturated rings. The smallest absolute Gasteiger partial charge is 0.313 e. The number of carboxylic acid groups (broad SMARTS) is 1.